The average Bonchev–Trinajstić information content (AvgIpc) is 3.45. The van der Waals surface area contributed by atoms with Gasteiger partial charge in [-0.2, -0.15) is 5.10 Å². The molecule has 7 nitrogen and oxygen atoms in total. The molecule has 0 atom stereocenters. The molecule has 0 unspecified atom stereocenters. The maximum Gasteiger partial charge on any atom is 0.129 e. The third kappa shape index (κ3) is 2.81. The summed E-state index contributed by atoms with van der Waals surface area (Å²) in [5.74, 6) is 2.28. The summed E-state index contributed by atoms with van der Waals surface area (Å²) in [6.45, 7) is 8.42. The molecule has 0 aromatic carbocycles. The molecule has 0 amide bonds. The number of furan rings is 1. The molecule has 0 saturated carbocycles. The van der Waals surface area contributed by atoms with Crippen molar-refractivity contribution < 1.29 is 4.42 Å². The van der Waals surface area contributed by atoms with Gasteiger partial charge in [-0.25, -0.2) is 4.98 Å². The van der Waals surface area contributed by atoms with Crippen molar-refractivity contribution >= 4 is 0 Å². The van der Waals surface area contributed by atoms with Gasteiger partial charge in [0.1, 0.15) is 11.6 Å². The van der Waals surface area contributed by atoms with Crippen molar-refractivity contribution in [3.8, 4) is 11.3 Å². The van der Waals surface area contributed by atoms with Gasteiger partial charge in [0.05, 0.1) is 36.4 Å². The first-order chi connectivity index (χ1) is 13.7. The molecule has 2 aliphatic heterocycles. The summed E-state index contributed by atoms with van der Waals surface area (Å²) in [7, 11) is 1.96. The third-order valence-corrected chi connectivity index (χ3v) is 6.50. The van der Waals surface area contributed by atoms with Crippen molar-refractivity contribution in [1.82, 2.24) is 29.1 Å². The van der Waals surface area contributed by atoms with Crippen LogP contribution in [0.25, 0.3) is 11.3 Å². The Labute approximate surface area is 165 Å². The summed E-state index contributed by atoms with van der Waals surface area (Å²) < 4.78 is 9.85. The van der Waals surface area contributed by atoms with Crippen molar-refractivity contribution in [1.29, 1.82) is 0 Å². The maximum atomic E-state index is 5.55. The Bertz CT molecular complexity index is 932. The highest BCUT2D eigenvalue weighted by Crippen LogP contribution is 2.42. The Morgan fingerprint density at radius 1 is 1.14 bits per heavy atom. The number of aryl methyl sites for hydroxylation is 1. The maximum absolute atomic E-state index is 5.55. The first-order valence-electron chi connectivity index (χ1n) is 10.2. The Hall–Kier alpha value is -2.38. The molecule has 2 aliphatic rings. The first kappa shape index (κ1) is 17.7. The minimum atomic E-state index is 0.0348. The van der Waals surface area contributed by atoms with E-state index in [9.17, 15) is 0 Å². The van der Waals surface area contributed by atoms with E-state index in [1.807, 2.05) is 30.2 Å². The normalized spacial score (nSPS) is 19.9. The van der Waals surface area contributed by atoms with Crippen LogP contribution < -0.4 is 0 Å². The third-order valence-electron chi connectivity index (χ3n) is 6.50. The fourth-order valence-electron chi connectivity index (χ4n) is 5.04. The van der Waals surface area contributed by atoms with Crippen molar-refractivity contribution in [2.24, 2.45) is 7.05 Å². The zero-order valence-electron chi connectivity index (χ0n) is 16.7. The molecule has 28 heavy (non-hydrogen) atoms. The number of fused-ring (bicyclic) bond motifs is 2. The SMILES string of the molecule is CCN1CCn2c(-c3cnn(C)c3)cnc2C12CCN(Cc1ccco1)CC2. The molecular formula is C21H28N6O. The van der Waals surface area contributed by atoms with Gasteiger partial charge in [0.15, 0.2) is 0 Å². The molecule has 0 aliphatic carbocycles. The van der Waals surface area contributed by atoms with Gasteiger partial charge < -0.3 is 8.98 Å². The standard InChI is InChI=1S/C21H28N6O/c1-3-26-10-11-27-19(17-13-23-24(2)15-17)14-22-20(27)21(26)6-8-25(9-7-21)16-18-5-4-12-28-18/h4-5,12-15H,3,6-11,16H2,1-2H3. The Balaban J connectivity index is 1.43. The van der Waals surface area contributed by atoms with Crippen LogP contribution >= 0.6 is 0 Å². The van der Waals surface area contributed by atoms with Crippen molar-refractivity contribution in [2.75, 3.05) is 26.2 Å². The Morgan fingerprint density at radius 3 is 2.68 bits per heavy atom. The van der Waals surface area contributed by atoms with Crippen molar-refractivity contribution in [3.05, 3.63) is 48.6 Å². The zero-order chi connectivity index (χ0) is 19.1. The van der Waals surface area contributed by atoms with Gasteiger partial charge >= 0.3 is 0 Å². The molecule has 1 fully saturated rings. The number of rotatable bonds is 4. The van der Waals surface area contributed by atoms with Gasteiger partial charge in [-0.1, -0.05) is 6.92 Å². The van der Waals surface area contributed by atoms with Gasteiger partial charge in [-0.05, 0) is 31.5 Å². The van der Waals surface area contributed by atoms with Gasteiger partial charge in [0, 0.05) is 45.0 Å². The molecule has 3 aromatic rings. The first-order valence-corrected chi connectivity index (χ1v) is 10.2. The average molecular weight is 380 g/mol. The second-order valence-electron chi connectivity index (χ2n) is 7.99. The highest BCUT2D eigenvalue weighted by molar-refractivity contribution is 5.57. The molecule has 5 rings (SSSR count). The highest BCUT2D eigenvalue weighted by Gasteiger charge is 2.46. The van der Waals surface area contributed by atoms with Crippen LogP contribution in [0, 0.1) is 0 Å². The summed E-state index contributed by atoms with van der Waals surface area (Å²) in [5, 5.41) is 4.35. The van der Waals surface area contributed by atoms with E-state index in [0.29, 0.717) is 0 Å². The van der Waals surface area contributed by atoms with Crippen LogP contribution in [0.1, 0.15) is 31.4 Å². The predicted molar refractivity (Wildman–Crippen MR) is 107 cm³/mol. The summed E-state index contributed by atoms with van der Waals surface area (Å²) in [6, 6.07) is 4.04. The van der Waals surface area contributed by atoms with Crippen LogP contribution in [0.5, 0.6) is 0 Å². The molecule has 1 saturated heterocycles. The molecule has 1 spiro atoms. The van der Waals surface area contributed by atoms with E-state index < -0.39 is 0 Å². The monoisotopic (exact) mass is 380 g/mol. The zero-order valence-corrected chi connectivity index (χ0v) is 16.7. The van der Waals surface area contributed by atoms with E-state index in [-0.39, 0.29) is 5.54 Å². The molecular weight excluding hydrogens is 352 g/mol. The minimum Gasteiger partial charge on any atom is -0.468 e. The second kappa shape index (κ2) is 6.90. The topological polar surface area (TPSA) is 55.3 Å². The summed E-state index contributed by atoms with van der Waals surface area (Å²) in [4.78, 5) is 10.1. The van der Waals surface area contributed by atoms with Crippen LogP contribution in [-0.4, -0.2) is 55.3 Å². The predicted octanol–water partition coefficient (Wildman–Crippen LogP) is 2.70. The number of nitrogens with zero attached hydrogens (tertiary/aromatic N) is 6. The fraction of sp³-hybridized carbons (Fsp3) is 0.524. The minimum absolute atomic E-state index is 0.0348. The molecule has 5 heterocycles. The number of hydrogen-bond acceptors (Lipinski definition) is 5. The van der Waals surface area contributed by atoms with E-state index in [1.165, 1.54) is 11.5 Å². The number of piperidine rings is 1. The lowest BCUT2D eigenvalue weighted by molar-refractivity contribution is -0.00898. The van der Waals surface area contributed by atoms with Crippen LogP contribution in [0.2, 0.25) is 0 Å². The summed E-state index contributed by atoms with van der Waals surface area (Å²) in [6.07, 6.45) is 10.0. The quantitative estimate of drug-likeness (QED) is 0.697. The molecule has 0 radical (unpaired) electrons. The van der Waals surface area contributed by atoms with Crippen molar-refractivity contribution in [2.45, 2.75) is 38.4 Å². The summed E-state index contributed by atoms with van der Waals surface area (Å²) in [5.41, 5.74) is 2.38. The molecule has 3 aromatic heterocycles. The van der Waals surface area contributed by atoms with E-state index in [0.717, 1.165) is 63.4 Å². The van der Waals surface area contributed by atoms with E-state index in [1.54, 1.807) is 6.26 Å². The van der Waals surface area contributed by atoms with Crippen LogP contribution in [0.4, 0.5) is 0 Å². The lowest BCUT2D eigenvalue weighted by Gasteiger charge is -2.50. The van der Waals surface area contributed by atoms with E-state index in [2.05, 4.69) is 38.7 Å². The number of hydrogen-bond donors (Lipinski definition) is 0. The number of imidazole rings is 1. The second-order valence-corrected chi connectivity index (χ2v) is 7.99. The molecule has 7 heteroatoms. The van der Waals surface area contributed by atoms with E-state index >= 15 is 0 Å². The molecule has 0 bridgehead atoms. The number of likely N-dealkylation sites (N-methyl/N-ethyl adjacent to an activating group) is 1. The molecule has 0 N–H and O–H groups in total. The lowest BCUT2D eigenvalue weighted by atomic mass is 9.83. The largest absolute Gasteiger partial charge is 0.468 e. The van der Waals surface area contributed by atoms with Gasteiger partial charge in [0.2, 0.25) is 0 Å². The Kier molecular flexibility index (Phi) is 4.36. The van der Waals surface area contributed by atoms with Crippen LogP contribution in [0.15, 0.2) is 41.4 Å². The number of likely N-dealkylation sites (tertiary alicyclic amines) is 1. The highest BCUT2D eigenvalue weighted by atomic mass is 16.3. The van der Waals surface area contributed by atoms with Gasteiger partial charge in [-0.15, -0.1) is 0 Å². The van der Waals surface area contributed by atoms with Gasteiger partial charge in [-0.3, -0.25) is 14.5 Å². The summed E-state index contributed by atoms with van der Waals surface area (Å²) >= 11 is 0. The van der Waals surface area contributed by atoms with Crippen LogP contribution in [-0.2, 0) is 25.7 Å². The smallest absolute Gasteiger partial charge is 0.129 e. The number of aromatic nitrogens is 4. The van der Waals surface area contributed by atoms with E-state index in [4.69, 9.17) is 9.40 Å². The van der Waals surface area contributed by atoms with Crippen molar-refractivity contribution in [3.63, 3.8) is 0 Å². The van der Waals surface area contributed by atoms with Crippen LogP contribution in [0.3, 0.4) is 0 Å². The lowest BCUT2D eigenvalue weighted by Crippen LogP contribution is -2.57. The fourth-order valence-corrected chi connectivity index (χ4v) is 5.04. The Morgan fingerprint density at radius 2 is 2.00 bits per heavy atom. The van der Waals surface area contributed by atoms with Gasteiger partial charge in [0.25, 0.3) is 0 Å². The molecule has 148 valence electrons.